The summed E-state index contributed by atoms with van der Waals surface area (Å²) in [5.74, 6) is -11.5. The van der Waals surface area contributed by atoms with Crippen LogP contribution in [0.1, 0.15) is 6.92 Å². The molecule has 0 unspecified atom stereocenters. The average Bonchev–Trinajstić information content (AvgIpc) is 1.81. The van der Waals surface area contributed by atoms with E-state index in [-0.39, 0.29) is 13.5 Å². The van der Waals surface area contributed by atoms with Crippen molar-refractivity contribution in [1.29, 1.82) is 0 Å². The van der Waals surface area contributed by atoms with E-state index in [0.29, 0.717) is 0 Å². The van der Waals surface area contributed by atoms with Crippen molar-refractivity contribution in [2.75, 3.05) is 0 Å². The second kappa shape index (κ2) is 4.01. The summed E-state index contributed by atoms with van der Waals surface area (Å²) in [5, 5.41) is -6.24. The third-order valence-electron chi connectivity index (χ3n) is 1.24. The van der Waals surface area contributed by atoms with Crippen LogP contribution in [0.25, 0.3) is 0 Å². The van der Waals surface area contributed by atoms with Crippen molar-refractivity contribution in [3.05, 3.63) is 0 Å². The van der Waals surface area contributed by atoms with E-state index in [1.165, 1.54) is 0 Å². The Morgan fingerprint density at radius 2 is 1.27 bits per heavy atom. The van der Waals surface area contributed by atoms with Gasteiger partial charge in [-0.1, -0.05) is 0 Å². The molecule has 11 heteroatoms. The Balaban J connectivity index is 0. The summed E-state index contributed by atoms with van der Waals surface area (Å²) in [6.45, 7) is -0.591. The van der Waals surface area contributed by atoms with Gasteiger partial charge in [-0.05, 0) is 0 Å². The molecule has 3 nitrogen and oxygen atoms in total. The molecule has 0 atom stereocenters. The van der Waals surface area contributed by atoms with Crippen LogP contribution in [-0.2, 0) is 10.1 Å². The van der Waals surface area contributed by atoms with E-state index in [4.69, 9.17) is 4.55 Å². The highest BCUT2D eigenvalue weighted by atomic mass is 32.2. The molecule has 0 spiro atoms. The molecule has 0 aliphatic heterocycles. The zero-order chi connectivity index (χ0) is 12.0. The van der Waals surface area contributed by atoms with E-state index in [0.717, 1.165) is 0 Å². The number of alkyl halides is 6. The molecule has 0 aromatic heterocycles. The van der Waals surface area contributed by atoms with Crippen molar-refractivity contribution >= 4 is 23.6 Å². The molecule has 0 saturated carbocycles. The van der Waals surface area contributed by atoms with Crippen LogP contribution < -0.4 is 0 Å². The third-order valence-corrected chi connectivity index (χ3v) is 2.15. The molecule has 0 amide bonds. The van der Waals surface area contributed by atoms with Crippen LogP contribution in [0.3, 0.4) is 0 Å². The van der Waals surface area contributed by atoms with Gasteiger partial charge in [-0.3, -0.25) is 4.55 Å². The van der Waals surface area contributed by atoms with Crippen LogP contribution in [0.15, 0.2) is 0 Å². The van der Waals surface area contributed by atoms with Crippen molar-refractivity contribution in [2.45, 2.75) is 24.0 Å². The average molecular weight is 280 g/mol. The van der Waals surface area contributed by atoms with Gasteiger partial charge in [0, 0.05) is 6.92 Å². The zero-order valence-corrected chi connectivity index (χ0v) is 8.76. The summed E-state index contributed by atoms with van der Waals surface area (Å²) < 4.78 is 99.6. The van der Waals surface area contributed by atoms with Crippen LogP contribution in [0.2, 0.25) is 0 Å². The second-order valence-electron chi connectivity index (χ2n) is 2.45. The molecule has 1 N–H and O–H groups in total. The molecule has 15 heavy (non-hydrogen) atoms. The third kappa shape index (κ3) is 2.69. The molecule has 0 aromatic rings. The van der Waals surface area contributed by atoms with Gasteiger partial charge in [0.25, 0.3) is 0 Å². The molecule has 0 rings (SSSR count). The lowest BCUT2D eigenvalue weighted by molar-refractivity contribution is -0.273. The fourth-order valence-electron chi connectivity index (χ4n) is 0.418. The Morgan fingerprint density at radius 3 is 1.33 bits per heavy atom. The van der Waals surface area contributed by atoms with Crippen molar-refractivity contribution in [1.82, 2.24) is 0 Å². The molecule has 0 aliphatic carbocycles. The number of hydrogen-bond acceptors (Lipinski definition) is 2. The predicted molar refractivity (Wildman–Crippen MR) is 42.4 cm³/mol. The maximum absolute atomic E-state index is 12.2. The van der Waals surface area contributed by atoms with Gasteiger partial charge >= 0.3 is 27.2 Å². The quantitative estimate of drug-likeness (QED) is 0.634. The number of halogens is 6. The van der Waals surface area contributed by atoms with Gasteiger partial charge in [0.15, 0.2) is 0 Å². The Labute approximate surface area is 87.6 Å². The van der Waals surface area contributed by atoms with Crippen LogP contribution in [-0.4, -0.2) is 30.1 Å². The zero-order valence-electron chi connectivity index (χ0n) is 6.94. The van der Waals surface area contributed by atoms with Gasteiger partial charge in [-0.2, -0.15) is 48.3 Å². The molecule has 0 fully saturated rings. The number of rotatable bonds is 3. The van der Waals surface area contributed by atoms with E-state index in [9.17, 15) is 34.8 Å². The van der Waals surface area contributed by atoms with Crippen molar-refractivity contribution in [2.24, 2.45) is 0 Å². The van der Waals surface area contributed by atoms with Crippen molar-refractivity contribution in [3.8, 4) is 0 Å². The van der Waals surface area contributed by atoms with Gasteiger partial charge in [0.2, 0.25) is 0 Å². The van der Waals surface area contributed by atoms with Gasteiger partial charge in [-0.25, -0.2) is 0 Å². The minimum absolute atomic E-state index is 0. The maximum atomic E-state index is 12.2. The minimum atomic E-state index is -6.61. The lowest BCUT2D eigenvalue weighted by Gasteiger charge is -2.28. The van der Waals surface area contributed by atoms with E-state index in [1.54, 1.807) is 0 Å². The van der Waals surface area contributed by atoms with Crippen LogP contribution in [0.4, 0.5) is 26.3 Å². The Kier molecular flexibility index (Phi) is 4.61. The lowest BCUT2D eigenvalue weighted by atomic mass is 10.2. The monoisotopic (exact) mass is 280 g/mol. The highest BCUT2D eigenvalue weighted by Crippen LogP contribution is 2.47. The smallest absolute Gasteiger partial charge is 0.281 e. The fraction of sp³-hybridized carbons (Fsp3) is 1.00. The molecule has 0 radical (unpaired) electrons. The fourth-order valence-corrected chi connectivity index (χ4v) is 0.921. The Hall–Kier alpha value is -0.160. The van der Waals surface area contributed by atoms with Gasteiger partial charge in [0.1, 0.15) is 0 Å². The molecular formula is C4H6F6O3S2. The first-order valence-corrected chi connectivity index (χ1v) is 4.29. The Morgan fingerprint density at radius 1 is 1.00 bits per heavy atom. The molecule has 0 bridgehead atoms. The minimum Gasteiger partial charge on any atom is -0.281 e. The van der Waals surface area contributed by atoms with Crippen LogP contribution in [0.5, 0.6) is 0 Å². The van der Waals surface area contributed by atoms with Crippen molar-refractivity contribution in [3.63, 3.8) is 0 Å². The van der Waals surface area contributed by atoms with E-state index in [1.807, 2.05) is 0 Å². The highest BCUT2D eigenvalue weighted by Gasteiger charge is 2.75. The summed E-state index contributed by atoms with van der Waals surface area (Å²) in [7, 11) is -6.61. The first-order chi connectivity index (χ1) is 5.75. The second-order valence-corrected chi connectivity index (χ2v) is 3.92. The molecule has 0 saturated heterocycles. The van der Waals surface area contributed by atoms with E-state index >= 15 is 0 Å². The van der Waals surface area contributed by atoms with Gasteiger partial charge < -0.3 is 0 Å². The normalized spacial score (nSPS) is 14.7. The van der Waals surface area contributed by atoms with Crippen LogP contribution in [0, 0.1) is 0 Å². The van der Waals surface area contributed by atoms with Crippen LogP contribution >= 0.6 is 13.5 Å². The standard InChI is InChI=1S/C4H4F6O3S.H2S/c1-2(5,6)3(7,8)4(9,10)14(11,12)13;/h1H3,(H,11,12,13);1H2. The SMILES string of the molecule is CC(F)(F)C(F)(F)C(F)(F)S(=O)(=O)O.S. The largest absolute Gasteiger partial charge is 0.437 e. The van der Waals surface area contributed by atoms with Gasteiger partial charge in [-0.15, -0.1) is 0 Å². The van der Waals surface area contributed by atoms with E-state index < -0.39 is 34.1 Å². The first-order valence-electron chi connectivity index (χ1n) is 2.85. The number of hydrogen-bond donors (Lipinski definition) is 1. The van der Waals surface area contributed by atoms with Gasteiger partial charge in [0.05, 0.1) is 0 Å². The molecular weight excluding hydrogens is 274 g/mol. The summed E-state index contributed by atoms with van der Waals surface area (Å²) >= 11 is 0. The van der Waals surface area contributed by atoms with E-state index in [2.05, 4.69) is 0 Å². The summed E-state index contributed by atoms with van der Waals surface area (Å²) in [6.07, 6.45) is 0. The lowest BCUT2D eigenvalue weighted by Crippen LogP contribution is -2.56. The highest BCUT2D eigenvalue weighted by molar-refractivity contribution is 7.87. The Bertz CT molecular complexity index is 318. The predicted octanol–water partition coefficient (Wildman–Crippen LogP) is 1.87. The van der Waals surface area contributed by atoms with Crippen molar-refractivity contribution < 1.29 is 39.3 Å². The summed E-state index contributed by atoms with van der Waals surface area (Å²) in [4.78, 5) is 0. The molecule has 0 heterocycles. The molecule has 0 aliphatic rings. The molecule has 0 aromatic carbocycles. The maximum Gasteiger partial charge on any atom is 0.437 e. The summed E-state index contributed by atoms with van der Waals surface area (Å²) in [6, 6.07) is 0. The summed E-state index contributed by atoms with van der Waals surface area (Å²) in [5.41, 5.74) is 0. The topological polar surface area (TPSA) is 54.4 Å². The first kappa shape index (κ1) is 17.2. The molecule has 94 valence electrons.